The van der Waals surface area contributed by atoms with Crippen LogP contribution in [0, 0.1) is 0 Å². The maximum Gasteiger partial charge on any atom is 0.261 e. The van der Waals surface area contributed by atoms with Crippen molar-refractivity contribution in [1.29, 1.82) is 0 Å². The van der Waals surface area contributed by atoms with E-state index in [0.29, 0.717) is 16.8 Å². The van der Waals surface area contributed by atoms with E-state index in [1.165, 1.54) is 7.11 Å². The summed E-state index contributed by atoms with van der Waals surface area (Å²) in [5, 5.41) is 5.26. The van der Waals surface area contributed by atoms with Crippen molar-refractivity contribution < 1.29 is 14.3 Å². The summed E-state index contributed by atoms with van der Waals surface area (Å²) in [7, 11) is 3.02. The number of methoxy groups -OCH3 is 1. The largest absolute Gasteiger partial charge is 0.480 e. The number of rotatable bonds is 4. The van der Waals surface area contributed by atoms with Gasteiger partial charge in [0.25, 0.3) is 11.8 Å². The van der Waals surface area contributed by atoms with Crippen molar-refractivity contribution in [3.63, 3.8) is 0 Å². The molecule has 2 amide bonds. The fourth-order valence-corrected chi connectivity index (χ4v) is 1.77. The number of nitrogens with zero attached hydrogens (tertiary/aromatic N) is 1. The second kappa shape index (κ2) is 6.51. The molecule has 0 unspecified atom stereocenters. The minimum atomic E-state index is -0.326. The Labute approximate surface area is 122 Å². The Hall–Kier alpha value is -2.89. The van der Waals surface area contributed by atoms with Gasteiger partial charge in [-0.2, -0.15) is 0 Å². The molecule has 2 rings (SSSR count). The Morgan fingerprint density at radius 3 is 2.43 bits per heavy atom. The molecule has 21 heavy (non-hydrogen) atoms. The lowest BCUT2D eigenvalue weighted by Crippen LogP contribution is -2.18. The Balaban J connectivity index is 2.14. The average Bonchev–Trinajstić information content (AvgIpc) is 2.54. The van der Waals surface area contributed by atoms with Gasteiger partial charge in [-0.3, -0.25) is 9.59 Å². The van der Waals surface area contributed by atoms with E-state index in [1.54, 1.807) is 49.6 Å². The molecule has 0 fully saturated rings. The molecule has 0 bridgehead atoms. The van der Waals surface area contributed by atoms with E-state index < -0.39 is 0 Å². The molecule has 0 aliphatic rings. The average molecular weight is 285 g/mol. The highest BCUT2D eigenvalue weighted by atomic mass is 16.5. The summed E-state index contributed by atoms with van der Waals surface area (Å²) in [6.45, 7) is 0. The maximum absolute atomic E-state index is 12.2. The zero-order chi connectivity index (χ0) is 15.2. The lowest BCUT2D eigenvalue weighted by molar-refractivity contribution is 0.0962. The first kappa shape index (κ1) is 14.5. The molecule has 0 saturated heterocycles. The summed E-state index contributed by atoms with van der Waals surface area (Å²) in [4.78, 5) is 27.6. The summed E-state index contributed by atoms with van der Waals surface area (Å²) in [5.41, 5.74) is 1.45. The molecule has 108 valence electrons. The quantitative estimate of drug-likeness (QED) is 0.896. The fourth-order valence-electron chi connectivity index (χ4n) is 1.77. The normalized spacial score (nSPS) is 9.81. The molecule has 0 atom stereocenters. The molecule has 1 aromatic heterocycles. The van der Waals surface area contributed by atoms with Gasteiger partial charge < -0.3 is 15.4 Å². The van der Waals surface area contributed by atoms with Gasteiger partial charge in [0.1, 0.15) is 5.56 Å². The van der Waals surface area contributed by atoms with Gasteiger partial charge >= 0.3 is 0 Å². The van der Waals surface area contributed by atoms with Crippen LogP contribution in [-0.2, 0) is 0 Å². The summed E-state index contributed by atoms with van der Waals surface area (Å²) >= 11 is 0. The topological polar surface area (TPSA) is 80.3 Å². The molecule has 1 aromatic carbocycles. The van der Waals surface area contributed by atoms with E-state index >= 15 is 0 Å². The molecule has 0 radical (unpaired) electrons. The zero-order valence-electron chi connectivity index (χ0n) is 11.7. The molecule has 0 aliphatic heterocycles. The molecule has 2 N–H and O–H groups in total. The molecule has 2 aromatic rings. The molecular formula is C15H15N3O3. The van der Waals surface area contributed by atoms with E-state index in [2.05, 4.69) is 15.6 Å². The fraction of sp³-hybridized carbons (Fsp3) is 0.133. The van der Waals surface area contributed by atoms with Crippen molar-refractivity contribution >= 4 is 17.5 Å². The number of hydrogen-bond donors (Lipinski definition) is 2. The number of amides is 2. The van der Waals surface area contributed by atoms with Crippen LogP contribution < -0.4 is 15.4 Å². The number of ether oxygens (including phenoxy) is 1. The van der Waals surface area contributed by atoms with Gasteiger partial charge in [0.2, 0.25) is 5.88 Å². The highest BCUT2D eigenvalue weighted by molar-refractivity contribution is 6.06. The Kier molecular flexibility index (Phi) is 4.50. The van der Waals surface area contributed by atoms with Crippen molar-refractivity contribution in [2.45, 2.75) is 0 Å². The van der Waals surface area contributed by atoms with E-state index in [9.17, 15) is 9.59 Å². The van der Waals surface area contributed by atoms with Crippen molar-refractivity contribution in [1.82, 2.24) is 10.3 Å². The van der Waals surface area contributed by atoms with Crippen LogP contribution in [0.5, 0.6) is 5.88 Å². The Morgan fingerprint density at radius 2 is 1.81 bits per heavy atom. The van der Waals surface area contributed by atoms with Gasteiger partial charge in [-0.25, -0.2) is 4.98 Å². The number of benzene rings is 1. The first-order valence-corrected chi connectivity index (χ1v) is 6.28. The van der Waals surface area contributed by atoms with Crippen LogP contribution in [0.3, 0.4) is 0 Å². The first-order chi connectivity index (χ1) is 10.2. The van der Waals surface area contributed by atoms with Crippen molar-refractivity contribution in [2.75, 3.05) is 19.5 Å². The van der Waals surface area contributed by atoms with Crippen molar-refractivity contribution in [3.8, 4) is 5.88 Å². The number of hydrogen-bond acceptors (Lipinski definition) is 4. The van der Waals surface area contributed by atoms with Crippen LogP contribution in [0.15, 0.2) is 42.6 Å². The molecule has 0 saturated carbocycles. The van der Waals surface area contributed by atoms with E-state index in [0.717, 1.165) is 0 Å². The van der Waals surface area contributed by atoms with E-state index in [-0.39, 0.29) is 17.7 Å². The number of carbonyl (C=O) groups excluding carboxylic acids is 2. The highest BCUT2D eigenvalue weighted by Gasteiger charge is 2.13. The molecular weight excluding hydrogens is 270 g/mol. The minimum absolute atomic E-state index is 0.179. The number of anilines is 1. The Bertz CT molecular complexity index is 653. The second-order valence-electron chi connectivity index (χ2n) is 4.17. The van der Waals surface area contributed by atoms with Crippen LogP contribution in [0.2, 0.25) is 0 Å². The number of pyridine rings is 1. The second-order valence-corrected chi connectivity index (χ2v) is 4.17. The summed E-state index contributed by atoms with van der Waals surface area (Å²) in [6, 6.07) is 9.87. The summed E-state index contributed by atoms with van der Waals surface area (Å²) in [6.07, 6.45) is 1.55. The third-order valence-corrected chi connectivity index (χ3v) is 2.84. The molecule has 6 nitrogen and oxygen atoms in total. The van der Waals surface area contributed by atoms with Gasteiger partial charge in [-0.15, -0.1) is 0 Å². The van der Waals surface area contributed by atoms with Crippen molar-refractivity contribution in [3.05, 3.63) is 53.7 Å². The van der Waals surface area contributed by atoms with Gasteiger partial charge in [-0.05, 0) is 36.4 Å². The van der Waals surface area contributed by atoms with Gasteiger partial charge in [0, 0.05) is 24.5 Å². The molecule has 1 heterocycles. The molecule has 6 heteroatoms. The Morgan fingerprint density at radius 1 is 1.10 bits per heavy atom. The summed E-state index contributed by atoms with van der Waals surface area (Å²) in [5.74, 6) is -0.244. The van der Waals surface area contributed by atoms with Crippen LogP contribution in [0.4, 0.5) is 5.69 Å². The molecule has 0 aliphatic carbocycles. The lowest BCUT2D eigenvalue weighted by Gasteiger charge is -2.08. The highest BCUT2D eigenvalue weighted by Crippen LogP contribution is 2.16. The first-order valence-electron chi connectivity index (χ1n) is 6.28. The minimum Gasteiger partial charge on any atom is -0.480 e. The number of nitrogens with one attached hydrogen (secondary N) is 2. The van der Waals surface area contributed by atoms with E-state index in [4.69, 9.17) is 4.74 Å². The van der Waals surface area contributed by atoms with Crippen LogP contribution in [0.1, 0.15) is 20.7 Å². The smallest absolute Gasteiger partial charge is 0.261 e. The lowest BCUT2D eigenvalue weighted by atomic mass is 10.2. The van der Waals surface area contributed by atoms with Crippen LogP contribution in [0.25, 0.3) is 0 Å². The number of carbonyl (C=O) groups is 2. The molecule has 0 spiro atoms. The monoisotopic (exact) mass is 285 g/mol. The predicted molar refractivity (Wildman–Crippen MR) is 78.6 cm³/mol. The third-order valence-electron chi connectivity index (χ3n) is 2.84. The van der Waals surface area contributed by atoms with Crippen LogP contribution in [-0.4, -0.2) is 31.0 Å². The van der Waals surface area contributed by atoms with Gasteiger partial charge in [-0.1, -0.05) is 0 Å². The number of aromatic nitrogens is 1. The predicted octanol–water partition coefficient (Wildman–Crippen LogP) is 1.70. The summed E-state index contributed by atoms with van der Waals surface area (Å²) < 4.78 is 5.04. The van der Waals surface area contributed by atoms with Crippen LogP contribution >= 0.6 is 0 Å². The van der Waals surface area contributed by atoms with E-state index in [1.807, 2.05) is 0 Å². The SMILES string of the molecule is CNC(=O)c1ccc(NC(=O)c2cccnc2OC)cc1. The van der Waals surface area contributed by atoms with Crippen molar-refractivity contribution in [2.24, 2.45) is 0 Å². The third kappa shape index (κ3) is 3.36. The maximum atomic E-state index is 12.2. The standard InChI is InChI=1S/C15H15N3O3/c1-16-13(19)10-5-7-11(8-6-10)18-14(20)12-4-3-9-17-15(12)21-2/h3-9H,1-2H3,(H,16,19)(H,18,20). The van der Waals surface area contributed by atoms with Gasteiger partial charge in [0.15, 0.2) is 0 Å². The zero-order valence-corrected chi connectivity index (χ0v) is 11.7. The van der Waals surface area contributed by atoms with Gasteiger partial charge in [0.05, 0.1) is 7.11 Å².